The summed E-state index contributed by atoms with van der Waals surface area (Å²) in [7, 11) is 5.95. The summed E-state index contributed by atoms with van der Waals surface area (Å²) in [4.78, 5) is 22.9. The molecule has 1 aromatic rings. The van der Waals surface area contributed by atoms with Gasteiger partial charge >= 0.3 is 0 Å². The SMILES string of the molecule is CN(C)CC1CCCCN1C(=O)CN(C)c1ccc(C#N)cn1. The minimum atomic E-state index is 0.144. The van der Waals surface area contributed by atoms with E-state index in [2.05, 4.69) is 9.88 Å². The number of likely N-dealkylation sites (tertiary alicyclic amines) is 1. The smallest absolute Gasteiger partial charge is 0.242 e. The number of hydrogen-bond acceptors (Lipinski definition) is 5. The van der Waals surface area contributed by atoms with Crippen molar-refractivity contribution < 1.29 is 4.79 Å². The van der Waals surface area contributed by atoms with Crippen LogP contribution >= 0.6 is 0 Å². The Kier molecular flexibility index (Phi) is 5.94. The lowest BCUT2D eigenvalue weighted by Gasteiger charge is -2.38. The molecule has 1 saturated heterocycles. The van der Waals surface area contributed by atoms with Crippen LogP contribution in [0.15, 0.2) is 18.3 Å². The molecule has 23 heavy (non-hydrogen) atoms. The van der Waals surface area contributed by atoms with Crippen molar-refractivity contribution in [3.63, 3.8) is 0 Å². The largest absolute Gasteiger partial charge is 0.350 e. The van der Waals surface area contributed by atoms with Gasteiger partial charge in [0.1, 0.15) is 11.9 Å². The van der Waals surface area contributed by atoms with Crippen molar-refractivity contribution in [2.24, 2.45) is 0 Å². The van der Waals surface area contributed by atoms with Crippen LogP contribution < -0.4 is 4.90 Å². The maximum absolute atomic E-state index is 12.7. The van der Waals surface area contributed by atoms with E-state index in [1.165, 1.54) is 12.6 Å². The van der Waals surface area contributed by atoms with Gasteiger partial charge in [0.25, 0.3) is 0 Å². The van der Waals surface area contributed by atoms with Gasteiger partial charge in [-0.3, -0.25) is 4.79 Å². The fourth-order valence-corrected chi connectivity index (χ4v) is 2.99. The first-order chi connectivity index (χ1) is 11.0. The normalized spacial score (nSPS) is 17.9. The number of hydrogen-bond donors (Lipinski definition) is 0. The van der Waals surface area contributed by atoms with Crippen LogP contribution in [-0.2, 0) is 4.79 Å². The van der Waals surface area contributed by atoms with E-state index >= 15 is 0 Å². The standard InChI is InChI=1S/C17H25N5O/c1-20(2)12-15-6-4-5-9-22(15)17(23)13-21(3)16-8-7-14(10-18)11-19-16/h7-8,11,15H,4-6,9,12-13H2,1-3H3. The maximum Gasteiger partial charge on any atom is 0.242 e. The highest BCUT2D eigenvalue weighted by Crippen LogP contribution is 2.18. The van der Waals surface area contributed by atoms with E-state index < -0.39 is 0 Å². The average molecular weight is 315 g/mol. The zero-order valence-corrected chi connectivity index (χ0v) is 14.2. The highest BCUT2D eigenvalue weighted by molar-refractivity contribution is 5.81. The lowest BCUT2D eigenvalue weighted by Crippen LogP contribution is -2.51. The van der Waals surface area contributed by atoms with Crippen molar-refractivity contribution >= 4 is 11.7 Å². The Labute approximate surface area is 138 Å². The number of nitriles is 1. The van der Waals surface area contributed by atoms with Gasteiger partial charge in [-0.15, -0.1) is 0 Å². The minimum Gasteiger partial charge on any atom is -0.350 e. The monoisotopic (exact) mass is 315 g/mol. The predicted octanol–water partition coefficient (Wildman–Crippen LogP) is 1.33. The third-order valence-electron chi connectivity index (χ3n) is 4.16. The van der Waals surface area contributed by atoms with Crippen LogP contribution in [0, 0.1) is 11.3 Å². The van der Waals surface area contributed by atoms with Crippen molar-refractivity contribution in [1.82, 2.24) is 14.8 Å². The molecular weight excluding hydrogens is 290 g/mol. The lowest BCUT2D eigenvalue weighted by molar-refractivity contribution is -0.133. The number of piperidine rings is 1. The molecule has 0 saturated carbocycles. The van der Waals surface area contributed by atoms with Crippen LogP contribution in [0.2, 0.25) is 0 Å². The van der Waals surface area contributed by atoms with Crippen LogP contribution in [0.1, 0.15) is 24.8 Å². The van der Waals surface area contributed by atoms with Crippen molar-refractivity contribution in [3.05, 3.63) is 23.9 Å². The topological polar surface area (TPSA) is 63.5 Å². The Morgan fingerprint density at radius 2 is 2.17 bits per heavy atom. The van der Waals surface area contributed by atoms with E-state index in [4.69, 9.17) is 5.26 Å². The van der Waals surface area contributed by atoms with E-state index in [1.54, 1.807) is 12.1 Å². The number of amides is 1. The zero-order valence-electron chi connectivity index (χ0n) is 14.2. The molecule has 2 heterocycles. The maximum atomic E-state index is 12.7. The number of anilines is 1. The molecule has 1 atom stereocenters. The van der Waals surface area contributed by atoms with Gasteiger partial charge in [-0.1, -0.05) is 0 Å². The molecule has 1 fully saturated rings. The summed E-state index contributed by atoms with van der Waals surface area (Å²) in [6.45, 7) is 2.05. The second-order valence-corrected chi connectivity index (χ2v) is 6.37. The van der Waals surface area contributed by atoms with E-state index in [0.717, 1.165) is 25.9 Å². The highest BCUT2D eigenvalue weighted by atomic mass is 16.2. The number of likely N-dealkylation sites (N-methyl/N-ethyl adjacent to an activating group) is 2. The van der Waals surface area contributed by atoms with E-state index in [-0.39, 0.29) is 5.91 Å². The number of nitrogens with zero attached hydrogens (tertiary/aromatic N) is 5. The summed E-state index contributed by atoms with van der Waals surface area (Å²) in [5, 5.41) is 8.82. The van der Waals surface area contributed by atoms with Gasteiger partial charge in [0.2, 0.25) is 5.91 Å². The first-order valence-electron chi connectivity index (χ1n) is 8.02. The van der Waals surface area contributed by atoms with Gasteiger partial charge in [-0.2, -0.15) is 5.26 Å². The van der Waals surface area contributed by atoms with Gasteiger partial charge in [0.15, 0.2) is 0 Å². The molecule has 2 rings (SSSR count). The predicted molar refractivity (Wildman–Crippen MR) is 90.1 cm³/mol. The third kappa shape index (κ3) is 4.67. The molecule has 6 nitrogen and oxygen atoms in total. The molecule has 1 amide bonds. The molecule has 1 aromatic heterocycles. The van der Waals surface area contributed by atoms with Crippen molar-refractivity contribution in [2.45, 2.75) is 25.3 Å². The molecule has 0 bridgehead atoms. The van der Waals surface area contributed by atoms with Crippen molar-refractivity contribution in [2.75, 3.05) is 45.7 Å². The van der Waals surface area contributed by atoms with Gasteiger partial charge in [0.05, 0.1) is 12.1 Å². The van der Waals surface area contributed by atoms with Crippen LogP contribution in [0.4, 0.5) is 5.82 Å². The molecule has 1 aliphatic rings. The van der Waals surface area contributed by atoms with E-state index in [0.29, 0.717) is 24.0 Å². The first kappa shape index (κ1) is 17.2. The average Bonchev–Trinajstić information content (AvgIpc) is 2.54. The minimum absolute atomic E-state index is 0.144. The van der Waals surface area contributed by atoms with Gasteiger partial charge < -0.3 is 14.7 Å². The number of carbonyl (C=O) groups is 1. The molecule has 0 aliphatic carbocycles. The Hall–Kier alpha value is -2.13. The zero-order chi connectivity index (χ0) is 16.8. The van der Waals surface area contributed by atoms with E-state index in [9.17, 15) is 4.79 Å². The molecule has 0 N–H and O–H groups in total. The molecular formula is C17H25N5O. The summed E-state index contributed by atoms with van der Waals surface area (Å²) in [6.07, 6.45) is 4.87. The molecule has 1 unspecified atom stereocenters. The van der Waals surface area contributed by atoms with Crippen LogP contribution in [0.3, 0.4) is 0 Å². The number of rotatable bonds is 5. The molecule has 0 radical (unpaired) electrons. The van der Waals surface area contributed by atoms with Gasteiger partial charge in [-0.05, 0) is 45.5 Å². The Morgan fingerprint density at radius 3 is 2.78 bits per heavy atom. The summed E-state index contributed by atoms with van der Waals surface area (Å²) < 4.78 is 0. The molecule has 0 spiro atoms. The van der Waals surface area contributed by atoms with Crippen molar-refractivity contribution in [1.29, 1.82) is 5.26 Å². The fourth-order valence-electron chi connectivity index (χ4n) is 2.99. The van der Waals surface area contributed by atoms with Crippen LogP contribution in [0.5, 0.6) is 0 Å². The fraction of sp³-hybridized carbons (Fsp3) is 0.588. The second kappa shape index (κ2) is 7.93. The Morgan fingerprint density at radius 1 is 1.39 bits per heavy atom. The number of pyridine rings is 1. The summed E-state index contributed by atoms with van der Waals surface area (Å²) >= 11 is 0. The second-order valence-electron chi connectivity index (χ2n) is 6.37. The number of carbonyl (C=O) groups excluding carboxylic acids is 1. The van der Waals surface area contributed by atoms with E-state index in [1.807, 2.05) is 37.0 Å². The van der Waals surface area contributed by atoms with Crippen molar-refractivity contribution in [3.8, 4) is 6.07 Å². The Bertz CT molecular complexity index is 563. The quantitative estimate of drug-likeness (QED) is 0.820. The van der Waals surface area contributed by atoms with Crippen LogP contribution in [0.25, 0.3) is 0 Å². The summed E-state index contributed by atoms with van der Waals surface area (Å²) in [5.41, 5.74) is 0.524. The summed E-state index contributed by atoms with van der Waals surface area (Å²) in [6, 6.07) is 5.85. The summed E-state index contributed by atoms with van der Waals surface area (Å²) in [5.74, 6) is 0.851. The highest BCUT2D eigenvalue weighted by Gasteiger charge is 2.27. The Balaban J connectivity index is 1.99. The van der Waals surface area contributed by atoms with Crippen LogP contribution in [-0.4, -0.2) is 67.5 Å². The van der Waals surface area contributed by atoms with Gasteiger partial charge in [0, 0.05) is 32.4 Å². The lowest BCUT2D eigenvalue weighted by atomic mass is 10.0. The third-order valence-corrected chi connectivity index (χ3v) is 4.16. The molecule has 6 heteroatoms. The molecule has 0 aromatic carbocycles. The molecule has 1 aliphatic heterocycles. The molecule has 124 valence electrons. The number of aromatic nitrogens is 1. The van der Waals surface area contributed by atoms with Gasteiger partial charge in [-0.25, -0.2) is 4.98 Å². The first-order valence-corrected chi connectivity index (χ1v) is 8.02.